The molecular weight excluding hydrogens is 266 g/mol. The zero-order valence-electron chi connectivity index (χ0n) is 10.5. The summed E-state index contributed by atoms with van der Waals surface area (Å²) < 4.78 is 2.84. The summed E-state index contributed by atoms with van der Waals surface area (Å²) in [7, 11) is 0. The van der Waals surface area contributed by atoms with Gasteiger partial charge in [-0.25, -0.2) is 9.48 Å². The number of rotatable bonds is 6. The van der Waals surface area contributed by atoms with Gasteiger partial charge in [0, 0.05) is 11.9 Å². The predicted octanol–water partition coefficient (Wildman–Crippen LogP) is 1.09. The summed E-state index contributed by atoms with van der Waals surface area (Å²) >= 11 is 1.33. The molecular formula is C12H15N3O3S. The molecule has 2 aromatic rings. The summed E-state index contributed by atoms with van der Waals surface area (Å²) in [4.78, 5) is 22.8. The zero-order valence-corrected chi connectivity index (χ0v) is 11.3. The minimum atomic E-state index is -0.810. The molecule has 0 fully saturated rings. The van der Waals surface area contributed by atoms with E-state index in [1.807, 2.05) is 13.0 Å². The van der Waals surface area contributed by atoms with Gasteiger partial charge in [0.15, 0.2) is 5.65 Å². The molecule has 1 atom stereocenters. The molecule has 0 amide bonds. The molecule has 0 bridgehead atoms. The second kappa shape index (κ2) is 5.92. The van der Waals surface area contributed by atoms with Crippen LogP contribution in [0.3, 0.4) is 0 Å². The van der Waals surface area contributed by atoms with E-state index < -0.39 is 11.2 Å². The molecule has 2 rings (SSSR count). The number of aromatic nitrogens is 3. The summed E-state index contributed by atoms with van der Waals surface area (Å²) in [6.45, 7) is 2.25. The number of nitrogens with zero attached hydrogens (tertiary/aromatic N) is 3. The Morgan fingerprint density at radius 3 is 2.95 bits per heavy atom. The number of carboxylic acid groups (broad SMARTS) is 1. The monoisotopic (exact) mass is 281 g/mol. The van der Waals surface area contributed by atoms with E-state index >= 15 is 0 Å². The number of pyridine rings is 1. The standard InChI is InChI=1S/C12H15N3O3S/c1-2-9(11(16)17)19-8-7-15-12(18)14-6-4-3-5-10(14)13-15/h3-6,9H,2,7-8H2,1H3,(H,16,17). The highest BCUT2D eigenvalue weighted by molar-refractivity contribution is 8.00. The van der Waals surface area contributed by atoms with E-state index in [1.165, 1.54) is 20.8 Å². The van der Waals surface area contributed by atoms with Gasteiger partial charge in [0.25, 0.3) is 0 Å². The van der Waals surface area contributed by atoms with Gasteiger partial charge in [0.2, 0.25) is 0 Å². The van der Waals surface area contributed by atoms with Crippen LogP contribution in [0, 0.1) is 0 Å². The van der Waals surface area contributed by atoms with Crippen LogP contribution in [0.25, 0.3) is 5.65 Å². The Labute approximate surface area is 114 Å². The van der Waals surface area contributed by atoms with E-state index in [4.69, 9.17) is 5.11 Å². The first kappa shape index (κ1) is 13.7. The molecule has 102 valence electrons. The van der Waals surface area contributed by atoms with E-state index in [0.29, 0.717) is 24.4 Å². The van der Waals surface area contributed by atoms with Crippen molar-refractivity contribution >= 4 is 23.4 Å². The highest BCUT2D eigenvalue weighted by Gasteiger charge is 2.15. The lowest BCUT2D eigenvalue weighted by molar-refractivity contribution is -0.136. The van der Waals surface area contributed by atoms with Gasteiger partial charge in [0.1, 0.15) is 5.25 Å². The third-order valence-electron chi connectivity index (χ3n) is 2.76. The molecule has 0 spiro atoms. The number of carbonyl (C=O) groups is 1. The first-order valence-electron chi connectivity index (χ1n) is 6.02. The molecule has 2 heterocycles. The average molecular weight is 281 g/mol. The first-order valence-corrected chi connectivity index (χ1v) is 7.07. The summed E-state index contributed by atoms with van der Waals surface area (Å²) in [5.41, 5.74) is 0.405. The van der Waals surface area contributed by atoms with Crippen molar-refractivity contribution in [2.24, 2.45) is 0 Å². The highest BCUT2D eigenvalue weighted by atomic mass is 32.2. The maximum Gasteiger partial charge on any atom is 0.350 e. The van der Waals surface area contributed by atoms with Crippen LogP contribution in [0.2, 0.25) is 0 Å². The van der Waals surface area contributed by atoms with Gasteiger partial charge in [-0.05, 0) is 18.6 Å². The van der Waals surface area contributed by atoms with Crippen LogP contribution in [0.4, 0.5) is 0 Å². The SMILES string of the molecule is CCC(SCCn1nc2ccccn2c1=O)C(=O)O. The van der Waals surface area contributed by atoms with E-state index in [-0.39, 0.29) is 5.69 Å². The first-order chi connectivity index (χ1) is 9.13. The van der Waals surface area contributed by atoms with Gasteiger partial charge < -0.3 is 5.11 Å². The van der Waals surface area contributed by atoms with Crippen molar-refractivity contribution < 1.29 is 9.90 Å². The van der Waals surface area contributed by atoms with Crippen molar-refractivity contribution in [1.29, 1.82) is 0 Å². The predicted molar refractivity (Wildman–Crippen MR) is 73.6 cm³/mol. The van der Waals surface area contributed by atoms with Crippen LogP contribution in [-0.4, -0.2) is 36.3 Å². The Hall–Kier alpha value is -1.76. The maximum atomic E-state index is 11.9. The number of aryl methyl sites for hydroxylation is 1. The molecule has 0 saturated carbocycles. The fourth-order valence-corrected chi connectivity index (χ4v) is 2.70. The Morgan fingerprint density at radius 1 is 1.53 bits per heavy atom. The smallest absolute Gasteiger partial charge is 0.350 e. The van der Waals surface area contributed by atoms with Gasteiger partial charge in [-0.1, -0.05) is 13.0 Å². The maximum absolute atomic E-state index is 11.9. The third kappa shape index (κ3) is 2.98. The largest absolute Gasteiger partial charge is 0.480 e. The lowest BCUT2D eigenvalue weighted by Crippen LogP contribution is -2.23. The van der Waals surface area contributed by atoms with Crippen molar-refractivity contribution in [2.45, 2.75) is 25.1 Å². The molecule has 0 aliphatic rings. The molecule has 6 nitrogen and oxygen atoms in total. The molecule has 1 N–H and O–H groups in total. The number of thioether (sulfide) groups is 1. The topological polar surface area (TPSA) is 76.6 Å². The molecule has 0 radical (unpaired) electrons. The van der Waals surface area contributed by atoms with E-state index in [2.05, 4.69) is 5.10 Å². The van der Waals surface area contributed by atoms with Gasteiger partial charge in [-0.2, -0.15) is 0 Å². The summed E-state index contributed by atoms with van der Waals surface area (Å²) in [5, 5.41) is 12.7. The van der Waals surface area contributed by atoms with Crippen LogP contribution in [0.15, 0.2) is 29.2 Å². The Bertz CT molecular complexity index is 634. The quantitative estimate of drug-likeness (QED) is 0.857. The van der Waals surface area contributed by atoms with Gasteiger partial charge >= 0.3 is 11.7 Å². The molecule has 0 aliphatic heterocycles. The van der Waals surface area contributed by atoms with Crippen molar-refractivity contribution in [2.75, 3.05) is 5.75 Å². The van der Waals surface area contributed by atoms with Crippen LogP contribution in [0.5, 0.6) is 0 Å². The number of carboxylic acids is 1. The second-order valence-corrected chi connectivity index (χ2v) is 5.35. The van der Waals surface area contributed by atoms with E-state index in [9.17, 15) is 9.59 Å². The summed E-state index contributed by atoms with van der Waals surface area (Å²) in [6, 6.07) is 5.35. The van der Waals surface area contributed by atoms with E-state index in [1.54, 1.807) is 18.3 Å². The number of hydrogen-bond donors (Lipinski definition) is 1. The van der Waals surface area contributed by atoms with E-state index in [0.717, 1.165) is 0 Å². The average Bonchev–Trinajstić information content (AvgIpc) is 2.72. The fraction of sp³-hybridized carbons (Fsp3) is 0.417. The molecule has 0 aromatic carbocycles. The molecule has 2 aromatic heterocycles. The molecule has 7 heteroatoms. The van der Waals surface area contributed by atoms with Gasteiger partial charge in [0.05, 0.1) is 6.54 Å². The Morgan fingerprint density at radius 2 is 2.32 bits per heavy atom. The molecule has 19 heavy (non-hydrogen) atoms. The summed E-state index contributed by atoms with van der Waals surface area (Å²) in [5.74, 6) is -0.260. The van der Waals surface area contributed by atoms with Crippen molar-refractivity contribution in [3.63, 3.8) is 0 Å². The minimum absolute atomic E-state index is 0.195. The Kier molecular flexibility index (Phi) is 4.26. The summed E-state index contributed by atoms with van der Waals surface area (Å²) in [6.07, 6.45) is 2.24. The second-order valence-electron chi connectivity index (χ2n) is 4.04. The van der Waals surface area contributed by atoms with Crippen molar-refractivity contribution in [1.82, 2.24) is 14.2 Å². The number of fused-ring (bicyclic) bond motifs is 1. The van der Waals surface area contributed by atoms with Gasteiger partial charge in [-0.15, -0.1) is 16.9 Å². The van der Waals surface area contributed by atoms with Crippen molar-refractivity contribution in [3.8, 4) is 0 Å². The third-order valence-corrected chi connectivity index (χ3v) is 4.11. The Balaban J connectivity index is 2.04. The minimum Gasteiger partial charge on any atom is -0.480 e. The number of aliphatic carboxylic acids is 1. The lowest BCUT2D eigenvalue weighted by atomic mass is 10.3. The lowest BCUT2D eigenvalue weighted by Gasteiger charge is -2.08. The molecule has 1 unspecified atom stereocenters. The fourth-order valence-electron chi connectivity index (χ4n) is 1.76. The normalized spacial score (nSPS) is 12.7. The highest BCUT2D eigenvalue weighted by Crippen LogP contribution is 2.14. The van der Waals surface area contributed by atoms with Crippen LogP contribution in [-0.2, 0) is 11.3 Å². The van der Waals surface area contributed by atoms with Crippen LogP contribution >= 0.6 is 11.8 Å². The molecule has 0 aliphatic carbocycles. The van der Waals surface area contributed by atoms with Crippen LogP contribution in [0.1, 0.15) is 13.3 Å². The zero-order chi connectivity index (χ0) is 13.8. The van der Waals surface area contributed by atoms with Crippen LogP contribution < -0.4 is 5.69 Å². The number of hydrogen-bond acceptors (Lipinski definition) is 4. The van der Waals surface area contributed by atoms with Crippen molar-refractivity contribution in [3.05, 3.63) is 34.9 Å². The van der Waals surface area contributed by atoms with Gasteiger partial charge in [-0.3, -0.25) is 9.20 Å². The molecule has 0 saturated heterocycles.